The number of carboxylic acids is 1. The summed E-state index contributed by atoms with van der Waals surface area (Å²) in [6.07, 6.45) is 1.62. The van der Waals surface area contributed by atoms with Gasteiger partial charge in [0.2, 0.25) is 5.91 Å². The maximum absolute atomic E-state index is 12.1. The van der Waals surface area contributed by atoms with E-state index in [1.165, 1.54) is 16.7 Å². The number of likely N-dealkylation sites (tertiary alicyclic amines) is 1. The summed E-state index contributed by atoms with van der Waals surface area (Å²) in [5, 5.41) is 11.6. The Hall–Kier alpha value is -1.44. The maximum Gasteiger partial charge on any atom is 0.408 e. The lowest BCUT2D eigenvalue weighted by atomic mass is 10.2. The van der Waals surface area contributed by atoms with Gasteiger partial charge in [0.05, 0.1) is 0 Å². The molecular formula is C13H22N2O5S. The van der Waals surface area contributed by atoms with Gasteiger partial charge >= 0.3 is 12.1 Å². The van der Waals surface area contributed by atoms with E-state index in [4.69, 9.17) is 9.84 Å². The van der Waals surface area contributed by atoms with Crippen LogP contribution in [0, 0.1) is 0 Å². The second-order valence-corrected chi connectivity index (χ2v) is 6.99. The van der Waals surface area contributed by atoms with E-state index >= 15 is 0 Å². The van der Waals surface area contributed by atoms with Gasteiger partial charge in [-0.2, -0.15) is 11.8 Å². The lowest BCUT2D eigenvalue weighted by Gasteiger charge is -2.23. The quantitative estimate of drug-likeness (QED) is 0.800. The third-order valence-electron chi connectivity index (χ3n) is 2.98. The van der Waals surface area contributed by atoms with Crippen molar-refractivity contribution in [3.05, 3.63) is 0 Å². The predicted molar refractivity (Wildman–Crippen MR) is 79.3 cm³/mol. The monoisotopic (exact) mass is 318 g/mol. The van der Waals surface area contributed by atoms with E-state index in [0.29, 0.717) is 13.0 Å². The van der Waals surface area contributed by atoms with Crippen LogP contribution in [0.1, 0.15) is 27.2 Å². The van der Waals surface area contributed by atoms with E-state index in [9.17, 15) is 14.4 Å². The molecule has 2 N–H and O–H groups in total. The molecule has 1 saturated heterocycles. The Kier molecular flexibility index (Phi) is 5.88. The summed E-state index contributed by atoms with van der Waals surface area (Å²) in [6.45, 7) is 5.28. The average molecular weight is 318 g/mol. The topological polar surface area (TPSA) is 95.9 Å². The molecule has 0 bridgehead atoms. The number of thioether (sulfide) groups is 1. The molecule has 1 aliphatic rings. The fourth-order valence-electron chi connectivity index (χ4n) is 2.04. The molecule has 0 aliphatic carbocycles. The minimum absolute atomic E-state index is 0.108. The summed E-state index contributed by atoms with van der Waals surface area (Å²) in [5.74, 6) is -1.43. The predicted octanol–water partition coefficient (Wildman–Crippen LogP) is 0.928. The van der Waals surface area contributed by atoms with Crippen LogP contribution in [0.3, 0.4) is 0 Å². The second-order valence-electron chi connectivity index (χ2n) is 5.85. The highest BCUT2D eigenvalue weighted by Gasteiger charge is 2.39. The molecule has 0 unspecified atom stereocenters. The van der Waals surface area contributed by atoms with Crippen molar-refractivity contribution in [2.24, 2.45) is 0 Å². The highest BCUT2D eigenvalue weighted by Crippen LogP contribution is 2.26. The summed E-state index contributed by atoms with van der Waals surface area (Å²) in [7, 11) is 0. The van der Waals surface area contributed by atoms with Crippen LogP contribution in [0.2, 0.25) is 0 Å². The molecular weight excluding hydrogens is 296 g/mol. The van der Waals surface area contributed by atoms with Gasteiger partial charge in [0.25, 0.3) is 0 Å². The third-order valence-corrected chi connectivity index (χ3v) is 3.99. The highest BCUT2D eigenvalue weighted by molar-refractivity contribution is 7.99. The number of carbonyl (C=O) groups is 3. The molecule has 2 amide bonds. The number of alkyl carbamates (subject to hydrolysis) is 1. The molecule has 1 fully saturated rings. The van der Waals surface area contributed by atoms with Crippen molar-refractivity contribution < 1.29 is 24.2 Å². The minimum atomic E-state index is -1.02. The zero-order valence-corrected chi connectivity index (χ0v) is 13.5. The molecule has 0 spiro atoms. The lowest BCUT2D eigenvalue weighted by Crippen LogP contribution is -2.46. The molecule has 21 heavy (non-hydrogen) atoms. The normalized spacial score (nSPS) is 22.0. The van der Waals surface area contributed by atoms with Crippen LogP contribution in [0.15, 0.2) is 0 Å². The molecule has 8 heteroatoms. The molecule has 7 nitrogen and oxygen atoms in total. The fourth-order valence-corrected chi connectivity index (χ4v) is 2.73. The smallest absolute Gasteiger partial charge is 0.408 e. The molecule has 0 aromatic heterocycles. The van der Waals surface area contributed by atoms with Crippen molar-refractivity contribution in [1.29, 1.82) is 0 Å². The number of carbonyl (C=O) groups excluding carboxylic acids is 2. The van der Waals surface area contributed by atoms with Gasteiger partial charge < -0.3 is 20.1 Å². The fraction of sp³-hybridized carbons (Fsp3) is 0.769. The number of hydrogen-bond donors (Lipinski definition) is 2. The van der Waals surface area contributed by atoms with Crippen molar-refractivity contribution in [3.8, 4) is 0 Å². The van der Waals surface area contributed by atoms with Gasteiger partial charge in [-0.25, -0.2) is 9.59 Å². The molecule has 0 radical (unpaired) electrons. The number of aliphatic carboxylic acids is 1. The summed E-state index contributed by atoms with van der Waals surface area (Å²) in [4.78, 5) is 36.1. The van der Waals surface area contributed by atoms with Crippen LogP contribution in [0.5, 0.6) is 0 Å². The molecule has 0 aromatic carbocycles. The summed E-state index contributed by atoms with van der Waals surface area (Å²) >= 11 is 1.54. The Labute approximate surface area is 128 Å². The van der Waals surface area contributed by atoms with Gasteiger partial charge in [-0.3, -0.25) is 4.79 Å². The first kappa shape index (κ1) is 17.6. The standard InChI is InChI=1S/C13H22N2O5S/c1-13(2,3)20-12(19)14-6-10(16)15-7-8(21-4)5-9(15)11(17)18/h8-9H,5-7H2,1-4H3,(H,14,19)(H,17,18)/t8-,9-/m0/s1. The first-order chi connectivity index (χ1) is 9.64. The van der Waals surface area contributed by atoms with E-state index < -0.39 is 29.6 Å². The van der Waals surface area contributed by atoms with Crippen molar-refractivity contribution >= 4 is 29.7 Å². The molecule has 1 rings (SSSR count). The van der Waals surface area contributed by atoms with Crippen molar-refractivity contribution in [1.82, 2.24) is 10.2 Å². The first-order valence-electron chi connectivity index (χ1n) is 6.66. The Morgan fingerprint density at radius 3 is 2.48 bits per heavy atom. The van der Waals surface area contributed by atoms with Crippen LogP contribution in [0.4, 0.5) is 4.79 Å². The Morgan fingerprint density at radius 2 is 2.00 bits per heavy atom. The Bertz CT molecular complexity index is 421. The van der Waals surface area contributed by atoms with Crippen LogP contribution in [0.25, 0.3) is 0 Å². The summed E-state index contributed by atoms with van der Waals surface area (Å²) in [5.41, 5.74) is -0.645. The Morgan fingerprint density at radius 1 is 1.38 bits per heavy atom. The Balaban J connectivity index is 2.54. The molecule has 0 saturated carbocycles. The number of hydrogen-bond acceptors (Lipinski definition) is 5. The van der Waals surface area contributed by atoms with Crippen LogP contribution < -0.4 is 5.32 Å². The van der Waals surface area contributed by atoms with E-state index in [0.717, 1.165) is 0 Å². The van der Waals surface area contributed by atoms with E-state index in [2.05, 4.69) is 5.32 Å². The van der Waals surface area contributed by atoms with Crippen LogP contribution in [-0.4, -0.2) is 64.2 Å². The maximum atomic E-state index is 12.1. The summed E-state index contributed by atoms with van der Waals surface area (Å²) < 4.78 is 5.03. The van der Waals surface area contributed by atoms with Crippen LogP contribution >= 0.6 is 11.8 Å². The molecule has 2 atom stereocenters. The SMILES string of the molecule is CS[C@H]1C[C@@H](C(=O)O)N(C(=O)CNC(=O)OC(C)(C)C)C1. The molecule has 120 valence electrons. The number of carboxylic acid groups (broad SMARTS) is 1. The zero-order chi connectivity index (χ0) is 16.2. The van der Waals surface area contributed by atoms with E-state index in [1.54, 1.807) is 20.8 Å². The van der Waals surface area contributed by atoms with Gasteiger partial charge in [-0.15, -0.1) is 0 Å². The zero-order valence-electron chi connectivity index (χ0n) is 12.7. The van der Waals surface area contributed by atoms with Crippen molar-refractivity contribution in [2.75, 3.05) is 19.3 Å². The highest BCUT2D eigenvalue weighted by atomic mass is 32.2. The van der Waals surface area contributed by atoms with Crippen molar-refractivity contribution in [2.45, 2.75) is 44.1 Å². The van der Waals surface area contributed by atoms with E-state index in [1.807, 2.05) is 6.26 Å². The summed E-state index contributed by atoms with van der Waals surface area (Å²) in [6, 6.07) is -0.824. The van der Waals surface area contributed by atoms with Crippen LogP contribution in [-0.2, 0) is 14.3 Å². The lowest BCUT2D eigenvalue weighted by molar-refractivity contribution is -0.147. The average Bonchev–Trinajstić information content (AvgIpc) is 2.78. The molecule has 1 heterocycles. The molecule has 1 aliphatic heterocycles. The van der Waals surface area contributed by atoms with Crippen molar-refractivity contribution in [3.63, 3.8) is 0 Å². The van der Waals surface area contributed by atoms with E-state index in [-0.39, 0.29) is 11.8 Å². The van der Waals surface area contributed by atoms with Gasteiger partial charge in [0, 0.05) is 11.8 Å². The number of rotatable bonds is 4. The minimum Gasteiger partial charge on any atom is -0.480 e. The first-order valence-corrected chi connectivity index (χ1v) is 7.94. The van der Waals surface area contributed by atoms with Gasteiger partial charge in [0.15, 0.2) is 0 Å². The van der Waals surface area contributed by atoms with Gasteiger partial charge in [-0.05, 0) is 33.4 Å². The molecule has 0 aromatic rings. The largest absolute Gasteiger partial charge is 0.480 e. The number of ether oxygens (including phenoxy) is 1. The number of amides is 2. The second kappa shape index (κ2) is 7.02. The number of nitrogens with one attached hydrogen (secondary N) is 1. The van der Waals surface area contributed by atoms with Gasteiger partial charge in [0.1, 0.15) is 18.2 Å². The third kappa shape index (κ3) is 5.45. The van der Waals surface area contributed by atoms with Gasteiger partial charge in [-0.1, -0.05) is 0 Å². The number of nitrogens with zero attached hydrogens (tertiary/aromatic N) is 1.